The first-order valence-electron chi connectivity index (χ1n) is 8.35. The molecule has 7 heteroatoms. The molecule has 0 bridgehead atoms. The smallest absolute Gasteiger partial charge is 0.321 e. The minimum absolute atomic E-state index is 0.275. The number of carbonyl (C=O) groups is 1. The fraction of sp³-hybridized carbons (Fsp3) is 0.100. The van der Waals surface area contributed by atoms with Gasteiger partial charge in [-0.15, -0.1) is 11.3 Å². The number of rotatable bonds is 5. The van der Waals surface area contributed by atoms with Crippen molar-refractivity contribution in [1.82, 2.24) is 10.3 Å². The molecule has 2 heterocycles. The first-order chi connectivity index (χ1) is 13.2. The summed E-state index contributed by atoms with van der Waals surface area (Å²) >= 11 is 3.05. The first-order valence-corrected chi connectivity index (χ1v) is 10.0. The van der Waals surface area contributed by atoms with E-state index < -0.39 is 0 Å². The van der Waals surface area contributed by atoms with E-state index in [2.05, 4.69) is 27.8 Å². The van der Waals surface area contributed by atoms with Crippen LogP contribution in [0.5, 0.6) is 5.75 Å². The van der Waals surface area contributed by atoms with Crippen LogP contribution in [0.4, 0.5) is 9.93 Å². The quantitative estimate of drug-likeness (QED) is 0.478. The second kappa shape index (κ2) is 7.77. The van der Waals surface area contributed by atoms with Gasteiger partial charge in [0.1, 0.15) is 11.3 Å². The maximum Gasteiger partial charge on any atom is 0.321 e. The predicted molar refractivity (Wildman–Crippen MR) is 112 cm³/mol. The van der Waals surface area contributed by atoms with Crippen molar-refractivity contribution < 1.29 is 9.53 Å². The van der Waals surface area contributed by atoms with Crippen LogP contribution in [0, 0.1) is 0 Å². The second-order valence-electron chi connectivity index (χ2n) is 5.77. The number of carbonyl (C=O) groups excluding carboxylic acids is 1. The van der Waals surface area contributed by atoms with E-state index in [4.69, 9.17) is 4.74 Å². The minimum atomic E-state index is -0.275. The van der Waals surface area contributed by atoms with Crippen molar-refractivity contribution in [2.45, 2.75) is 6.54 Å². The number of hydrogen-bond donors (Lipinski definition) is 2. The Labute approximate surface area is 164 Å². The van der Waals surface area contributed by atoms with Crippen molar-refractivity contribution >= 4 is 44.1 Å². The van der Waals surface area contributed by atoms with Gasteiger partial charge in [0, 0.05) is 10.4 Å². The van der Waals surface area contributed by atoms with Crippen LogP contribution in [0.15, 0.2) is 60.0 Å². The third-order valence-corrected chi connectivity index (χ3v) is 5.92. The van der Waals surface area contributed by atoms with Gasteiger partial charge in [0.2, 0.25) is 0 Å². The maximum atomic E-state index is 12.2. The van der Waals surface area contributed by atoms with Crippen molar-refractivity contribution in [2.75, 3.05) is 12.4 Å². The molecule has 4 rings (SSSR count). The Balaban J connectivity index is 1.61. The monoisotopic (exact) mass is 395 g/mol. The molecule has 27 heavy (non-hydrogen) atoms. The Bertz CT molecular complexity index is 1060. The fourth-order valence-corrected chi connectivity index (χ4v) is 4.43. The highest BCUT2D eigenvalue weighted by atomic mass is 32.1. The number of ether oxygens (including phenoxy) is 1. The summed E-state index contributed by atoms with van der Waals surface area (Å²) in [5.74, 6) is 0.688. The molecule has 0 saturated carbocycles. The second-order valence-corrected chi connectivity index (χ2v) is 7.80. The number of hydrogen-bond acceptors (Lipinski definition) is 5. The molecular weight excluding hydrogens is 378 g/mol. The largest absolute Gasteiger partial charge is 0.494 e. The number of nitrogens with one attached hydrogen (secondary N) is 2. The van der Waals surface area contributed by atoms with Crippen LogP contribution in [0.2, 0.25) is 0 Å². The molecular formula is C20H17N3O2S2. The summed E-state index contributed by atoms with van der Waals surface area (Å²) in [6.07, 6.45) is 0. The Kier molecular flexibility index (Phi) is 5.04. The summed E-state index contributed by atoms with van der Waals surface area (Å²) in [5, 5.41) is 8.20. The van der Waals surface area contributed by atoms with Crippen molar-refractivity contribution in [3.05, 3.63) is 64.9 Å². The van der Waals surface area contributed by atoms with Crippen LogP contribution in [0.25, 0.3) is 21.3 Å². The molecule has 2 aromatic heterocycles. The summed E-state index contributed by atoms with van der Waals surface area (Å²) in [4.78, 5) is 17.9. The number of methoxy groups -OCH3 is 1. The molecule has 0 spiro atoms. The molecule has 0 saturated heterocycles. The topological polar surface area (TPSA) is 63.2 Å². The number of benzene rings is 2. The molecule has 0 unspecified atom stereocenters. The third-order valence-electron chi connectivity index (χ3n) is 4.04. The first kappa shape index (κ1) is 17.5. The lowest BCUT2D eigenvalue weighted by Gasteiger charge is -2.05. The Morgan fingerprint density at radius 2 is 1.96 bits per heavy atom. The molecule has 0 radical (unpaired) electrons. The van der Waals surface area contributed by atoms with E-state index >= 15 is 0 Å². The van der Waals surface area contributed by atoms with E-state index in [-0.39, 0.29) is 6.03 Å². The highest BCUT2D eigenvalue weighted by Crippen LogP contribution is 2.39. The predicted octanol–water partition coefficient (Wildman–Crippen LogP) is 5.36. The normalized spacial score (nSPS) is 10.7. The molecule has 0 aliphatic heterocycles. The lowest BCUT2D eigenvalue weighted by atomic mass is 10.1. The molecule has 2 aromatic carbocycles. The standard InChI is InChI=1S/C20H17N3O2S2/c1-25-16-10-9-15(13-6-3-2-4-7-13)18-17(16)22-20(27-18)23-19(24)21-12-14-8-5-11-26-14/h2-11H,12H2,1H3,(H2,21,22,23,24). The Morgan fingerprint density at radius 1 is 1.11 bits per heavy atom. The summed E-state index contributed by atoms with van der Waals surface area (Å²) in [6.45, 7) is 0.493. The number of urea groups is 1. The number of anilines is 1. The van der Waals surface area contributed by atoms with E-state index in [1.165, 1.54) is 11.3 Å². The zero-order chi connectivity index (χ0) is 18.6. The van der Waals surface area contributed by atoms with Gasteiger partial charge in [0.25, 0.3) is 0 Å². The molecule has 2 amide bonds. The highest BCUT2D eigenvalue weighted by molar-refractivity contribution is 7.23. The Hall–Kier alpha value is -2.90. The summed E-state index contributed by atoms with van der Waals surface area (Å²) < 4.78 is 6.43. The molecule has 0 aliphatic rings. The van der Waals surface area contributed by atoms with E-state index in [0.717, 1.165) is 26.2 Å². The number of aromatic nitrogens is 1. The van der Waals surface area contributed by atoms with Crippen molar-refractivity contribution in [3.63, 3.8) is 0 Å². The summed E-state index contributed by atoms with van der Waals surface area (Å²) in [7, 11) is 1.62. The van der Waals surface area contributed by atoms with E-state index in [1.807, 2.05) is 47.8 Å². The molecule has 136 valence electrons. The number of thiazole rings is 1. The summed E-state index contributed by atoms with van der Waals surface area (Å²) in [5.41, 5.74) is 2.91. The van der Waals surface area contributed by atoms with Gasteiger partial charge >= 0.3 is 6.03 Å². The zero-order valence-electron chi connectivity index (χ0n) is 14.6. The van der Waals surface area contributed by atoms with Gasteiger partial charge in [-0.25, -0.2) is 9.78 Å². The number of thiophene rings is 1. The van der Waals surface area contributed by atoms with Crippen LogP contribution in [-0.4, -0.2) is 18.1 Å². The lowest BCUT2D eigenvalue weighted by molar-refractivity contribution is 0.252. The number of fused-ring (bicyclic) bond motifs is 1. The maximum absolute atomic E-state index is 12.2. The number of amides is 2. The molecule has 4 aromatic rings. The van der Waals surface area contributed by atoms with E-state index in [0.29, 0.717) is 17.4 Å². The molecule has 2 N–H and O–H groups in total. The van der Waals surface area contributed by atoms with E-state index in [1.54, 1.807) is 18.4 Å². The molecule has 5 nitrogen and oxygen atoms in total. The van der Waals surface area contributed by atoms with Crippen molar-refractivity contribution in [3.8, 4) is 16.9 Å². The van der Waals surface area contributed by atoms with Crippen molar-refractivity contribution in [2.24, 2.45) is 0 Å². The van der Waals surface area contributed by atoms with Gasteiger partial charge in [-0.2, -0.15) is 0 Å². The number of nitrogens with zero attached hydrogens (tertiary/aromatic N) is 1. The average molecular weight is 396 g/mol. The van der Waals surface area contributed by atoms with Gasteiger partial charge in [0.05, 0.1) is 18.4 Å². The summed E-state index contributed by atoms with van der Waals surface area (Å²) in [6, 6.07) is 17.7. The van der Waals surface area contributed by atoms with Crippen LogP contribution < -0.4 is 15.4 Å². The van der Waals surface area contributed by atoms with Gasteiger partial charge in [0.15, 0.2) is 5.13 Å². The van der Waals surface area contributed by atoms with Gasteiger partial charge in [-0.05, 0) is 29.1 Å². The van der Waals surface area contributed by atoms with E-state index in [9.17, 15) is 4.79 Å². The average Bonchev–Trinajstić information content (AvgIpc) is 3.36. The molecule has 0 aliphatic carbocycles. The minimum Gasteiger partial charge on any atom is -0.494 e. The SMILES string of the molecule is COc1ccc(-c2ccccc2)c2sc(NC(=O)NCc3cccs3)nc12. The Morgan fingerprint density at radius 3 is 2.70 bits per heavy atom. The van der Waals surface area contributed by atoms with Crippen LogP contribution in [-0.2, 0) is 6.54 Å². The van der Waals surface area contributed by atoms with Crippen LogP contribution in [0.3, 0.4) is 0 Å². The zero-order valence-corrected chi connectivity index (χ0v) is 16.2. The van der Waals surface area contributed by atoms with Crippen LogP contribution in [0.1, 0.15) is 4.88 Å². The lowest BCUT2D eigenvalue weighted by Crippen LogP contribution is -2.27. The van der Waals surface area contributed by atoms with Crippen LogP contribution >= 0.6 is 22.7 Å². The molecule has 0 atom stereocenters. The third kappa shape index (κ3) is 3.79. The van der Waals surface area contributed by atoms with Gasteiger partial charge in [-0.1, -0.05) is 47.7 Å². The molecule has 0 fully saturated rings. The van der Waals surface area contributed by atoms with Gasteiger partial charge in [-0.3, -0.25) is 5.32 Å². The van der Waals surface area contributed by atoms with Gasteiger partial charge < -0.3 is 10.1 Å². The highest BCUT2D eigenvalue weighted by Gasteiger charge is 2.15. The fourth-order valence-electron chi connectivity index (χ4n) is 2.77. The van der Waals surface area contributed by atoms with Crippen molar-refractivity contribution in [1.29, 1.82) is 0 Å².